The average molecular weight is 388 g/mol. The molecule has 1 nitrogen and oxygen atoms in total. The zero-order chi connectivity index (χ0) is 13.8. The molecule has 0 aliphatic carbocycles. The van der Waals surface area contributed by atoms with Crippen LogP contribution in [0.3, 0.4) is 0 Å². The third-order valence-electron chi connectivity index (χ3n) is 2.87. The fourth-order valence-electron chi connectivity index (χ4n) is 1.83. The number of ether oxygens (including phenoxy) is 1. The number of benzene rings is 2. The lowest BCUT2D eigenvalue weighted by atomic mass is 10.0. The van der Waals surface area contributed by atoms with E-state index in [1.165, 1.54) is 12.1 Å². The molecule has 0 fully saturated rings. The van der Waals surface area contributed by atoms with Crippen molar-refractivity contribution in [3.63, 3.8) is 0 Å². The standard InChI is InChI=1S/C15H13Br2FO/c1-19-12-6-7-13(15(17)9-12)14(16)8-10-2-4-11(18)5-3-10/h2-7,9,14H,8H2,1H3. The molecule has 0 N–H and O–H groups in total. The van der Waals surface area contributed by atoms with Crippen LogP contribution in [0.4, 0.5) is 4.39 Å². The van der Waals surface area contributed by atoms with E-state index < -0.39 is 0 Å². The third-order valence-corrected chi connectivity index (χ3v) is 4.38. The van der Waals surface area contributed by atoms with Crippen molar-refractivity contribution in [3.8, 4) is 5.75 Å². The predicted octanol–water partition coefficient (Wildman–Crippen LogP) is 5.28. The first kappa shape index (κ1) is 14.5. The van der Waals surface area contributed by atoms with Crippen LogP contribution in [0.5, 0.6) is 5.75 Å². The molecule has 0 saturated carbocycles. The van der Waals surface area contributed by atoms with Gasteiger partial charge in [-0.25, -0.2) is 4.39 Å². The van der Waals surface area contributed by atoms with Gasteiger partial charge in [0.15, 0.2) is 0 Å². The molecule has 2 aromatic carbocycles. The van der Waals surface area contributed by atoms with Crippen LogP contribution in [0.2, 0.25) is 0 Å². The maximum Gasteiger partial charge on any atom is 0.123 e. The minimum absolute atomic E-state index is 0.165. The summed E-state index contributed by atoms with van der Waals surface area (Å²) in [4.78, 5) is 0.165. The fraction of sp³-hybridized carbons (Fsp3) is 0.200. The molecule has 1 atom stereocenters. The molecule has 0 radical (unpaired) electrons. The Kier molecular flexibility index (Phi) is 4.99. The molecule has 0 aromatic heterocycles. The molecule has 4 heteroatoms. The highest BCUT2D eigenvalue weighted by atomic mass is 79.9. The predicted molar refractivity (Wildman–Crippen MR) is 82.5 cm³/mol. The van der Waals surface area contributed by atoms with Crippen LogP contribution < -0.4 is 4.74 Å². The van der Waals surface area contributed by atoms with Gasteiger partial charge in [0.05, 0.1) is 7.11 Å². The summed E-state index contributed by atoms with van der Waals surface area (Å²) in [6.45, 7) is 0. The second kappa shape index (κ2) is 6.53. The summed E-state index contributed by atoms with van der Waals surface area (Å²) < 4.78 is 19.0. The first-order valence-electron chi connectivity index (χ1n) is 5.82. The summed E-state index contributed by atoms with van der Waals surface area (Å²) in [5.41, 5.74) is 2.23. The lowest BCUT2D eigenvalue weighted by molar-refractivity contribution is 0.414. The van der Waals surface area contributed by atoms with Gasteiger partial charge in [0, 0.05) is 9.30 Å². The van der Waals surface area contributed by atoms with Crippen LogP contribution in [0.1, 0.15) is 16.0 Å². The van der Waals surface area contributed by atoms with Gasteiger partial charge in [-0.2, -0.15) is 0 Å². The average Bonchev–Trinajstić information content (AvgIpc) is 2.41. The molecule has 100 valence electrons. The molecule has 1 unspecified atom stereocenters. The number of halogens is 3. The first-order valence-corrected chi connectivity index (χ1v) is 7.53. The van der Waals surface area contributed by atoms with Crippen LogP contribution in [-0.2, 0) is 6.42 Å². The number of methoxy groups -OCH3 is 1. The summed E-state index contributed by atoms with van der Waals surface area (Å²) >= 11 is 7.22. The first-order chi connectivity index (χ1) is 9.10. The molecule has 19 heavy (non-hydrogen) atoms. The smallest absolute Gasteiger partial charge is 0.123 e. The maximum absolute atomic E-state index is 12.9. The van der Waals surface area contributed by atoms with E-state index in [-0.39, 0.29) is 10.6 Å². The van der Waals surface area contributed by atoms with Crippen molar-refractivity contribution in [1.29, 1.82) is 0 Å². The van der Waals surface area contributed by atoms with Gasteiger partial charge in [0.2, 0.25) is 0 Å². The van der Waals surface area contributed by atoms with E-state index in [0.717, 1.165) is 27.8 Å². The molecule has 0 saturated heterocycles. The van der Waals surface area contributed by atoms with E-state index >= 15 is 0 Å². The van der Waals surface area contributed by atoms with Crippen molar-refractivity contribution in [1.82, 2.24) is 0 Å². The Balaban J connectivity index is 2.15. The van der Waals surface area contributed by atoms with Crippen molar-refractivity contribution >= 4 is 31.9 Å². The molecule has 0 bridgehead atoms. The van der Waals surface area contributed by atoms with Crippen LogP contribution in [0.15, 0.2) is 46.9 Å². The SMILES string of the molecule is COc1ccc(C(Br)Cc2ccc(F)cc2)c(Br)c1. The van der Waals surface area contributed by atoms with Crippen molar-refractivity contribution in [2.75, 3.05) is 7.11 Å². The lowest BCUT2D eigenvalue weighted by Crippen LogP contribution is -1.97. The molecule has 0 spiro atoms. The molecule has 0 heterocycles. The van der Waals surface area contributed by atoms with Crippen molar-refractivity contribution in [2.24, 2.45) is 0 Å². The number of hydrogen-bond acceptors (Lipinski definition) is 1. The van der Waals surface area contributed by atoms with Crippen molar-refractivity contribution in [2.45, 2.75) is 11.2 Å². The van der Waals surface area contributed by atoms with Gasteiger partial charge in [-0.15, -0.1) is 0 Å². The van der Waals surface area contributed by atoms with E-state index in [1.54, 1.807) is 19.2 Å². The summed E-state index contributed by atoms with van der Waals surface area (Å²) in [6, 6.07) is 12.5. The number of rotatable bonds is 4. The van der Waals surface area contributed by atoms with Crippen molar-refractivity contribution < 1.29 is 9.13 Å². The third kappa shape index (κ3) is 3.80. The second-order valence-corrected chi connectivity index (χ2v) is 6.15. The Labute approximate surface area is 129 Å². The minimum atomic E-state index is -0.208. The summed E-state index contributed by atoms with van der Waals surface area (Å²) in [5, 5.41) is 0. The van der Waals surface area contributed by atoms with Gasteiger partial charge in [0.25, 0.3) is 0 Å². The molecule has 2 aromatic rings. The van der Waals surface area contributed by atoms with Crippen LogP contribution in [0.25, 0.3) is 0 Å². The Bertz CT molecular complexity index is 555. The monoisotopic (exact) mass is 386 g/mol. The van der Waals surface area contributed by atoms with Crippen LogP contribution in [0, 0.1) is 5.82 Å². The zero-order valence-corrected chi connectivity index (χ0v) is 13.5. The Morgan fingerprint density at radius 1 is 1.16 bits per heavy atom. The quantitative estimate of drug-likeness (QED) is 0.649. The molecular weight excluding hydrogens is 375 g/mol. The maximum atomic E-state index is 12.9. The van der Waals surface area contributed by atoms with E-state index in [1.807, 2.05) is 18.2 Å². The second-order valence-electron chi connectivity index (χ2n) is 4.19. The molecule has 2 rings (SSSR count). The van der Waals surface area contributed by atoms with E-state index in [2.05, 4.69) is 31.9 Å². The number of alkyl halides is 1. The zero-order valence-electron chi connectivity index (χ0n) is 10.4. The molecule has 0 amide bonds. The van der Waals surface area contributed by atoms with Crippen LogP contribution in [-0.4, -0.2) is 7.11 Å². The summed E-state index contributed by atoms with van der Waals surface area (Å²) in [7, 11) is 1.64. The normalized spacial score (nSPS) is 12.2. The van der Waals surface area contributed by atoms with Crippen molar-refractivity contribution in [3.05, 3.63) is 63.9 Å². The minimum Gasteiger partial charge on any atom is -0.497 e. The topological polar surface area (TPSA) is 9.23 Å². The van der Waals surface area contributed by atoms with Gasteiger partial charge >= 0.3 is 0 Å². The Morgan fingerprint density at radius 3 is 2.42 bits per heavy atom. The van der Waals surface area contributed by atoms with Gasteiger partial charge in [-0.05, 0) is 41.8 Å². The molecule has 0 aliphatic rings. The highest BCUT2D eigenvalue weighted by Gasteiger charge is 2.12. The highest BCUT2D eigenvalue weighted by molar-refractivity contribution is 9.11. The van der Waals surface area contributed by atoms with E-state index in [4.69, 9.17) is 4.74 Å². The Morgan fingerprint density at radius 2 is 1.84 bits per heavy atom. The van der Waals surface area contributed by atoms with Gasteiger partial charge in [-0.3, -0.25) is 0 Å². The van der Waals surface area contributed by atoms with Gasteiger partial charge in [-0.1, -0.05) is 50.1 Å². The highest BCUT2D eigenvalue weighted by Crippen LogP contribution is 2.34. The van der Waals surface area contributed by atoms with Gasteiger partial charge in [0.1, 0.15) is 11.6 Å². The number of hydrogen-bond donors (Lipinski definition) is 0. The fourth-order valence-corrected chi connectivity index (χ4v) is 3.54. The summed E-state index contributed by atoms with van der Waals surface area (Å²) in [5.74, 6) is 0.609. The summed E-state index contributed by atoms with van der Waals surface area (Å²) in [6.07, 6.45) is 0.797. The van der Waals surface area contributed by atoms with E-state index in [0.29, 0.717) is 0 Å². The molecular formula is C15H13Br2FO. The lowest BCUT2D eigenvalue weighted by Gasteiger charge is -2.13. The Hall–Kier alpha value is -0.870. The van der Waals surface area contributed by atoms with Crippen LogP contribution >= 0.6 is 31.9 Å². The molecule has 0 aliphatic heterocycles. The van der Waals surface area contributed by atoms with Gasteiger partial charge < -0.3 is 4.74 Å². The van der Waals surface area contributed by atoms with E-state index in [9.17, 15) is 4.39 Å². The largest absolute Gasteiger partial charge is 0.497 e.